The molecule has 1 fully saturated rings. The van der Waals surface area contributed by atoms with Gasteiger partial charge in [-0.2, -0.15) is 0 Å². The van der Waals surface area contributed by atoms with Gasteiger partial charge in [0.2, 0.25) is 11.8 Å². The Morgan fingerprint density at radius 2 is 1.73 bits per heavy atom. The van der Waals surface area contributed by atoms with Crippen molar-refractivity contribution in [3.05, 3.63) is 60.2 Å². The molecule has 0 saturated carbocycles. The number of likely N-dealkylation sites (tertiary alicyclic amines) is 1. The summed E-state index contributed by atoms with van der Waals surface area (Å²) in [6, 6.07) is 17.3. The number of amides is 2. The van der Waals surface area contributed by atoms with Crippen LogP contribution in [-0.2, 0) is 9.59 Å². The van der Waals surface area contributed by atoms with Gasteiger partial charge in [-0.15, -0.1) is 0 Å². The summed E-state index contributed by atoms with van der Waals surface area (Å²) in [6.07, 6.45) is 0.732. The molecule has 2 amide bonds. The van der Waals surface area contributed by atoms with Crippen LogP contribution in [0.2, 0.25) is 0 Å². The van der Waals surface area contributed by atoms with Gasteiger partial charge in [0.25, 0.3) is 0 Å². The molecule has 0 aromatic heterocycles. The third kappa shape index (κ3) is 4.23. The molecule has 0 bridgehead atoms. The monoisotopic (exact) mass is 352 g/mol. The number of benzene rings is 2. The van der Waals surface area contributed by atoms with Crippen molar-refractivity contribution in [2.24, 2.45) is 5.92 Å². The molecule has 1 N–H and O–H groups in total. The van der Waals surface area contributed by atoms with E-state index in [-0.39, 0.29) is 23.7 Å². The number of nitrogens with zero attached hydrogens (tertiary/aromatic N) is 1. The quantitative estimate of drug-likeness (QED) is 0.919. The lowest BCUT2D eigenvalue weighted by Crippen LogP contribution is -2.45. The second-order valence-electron chi connectivity index (χ2n) is 6.68. The molecule has 1 aliphatic rings. The third-order valence-electron chi connectivity index (χ3n) is 4.90. The Morgan fingerprint density at radius 3 is 2.35 bits per heavy atom. The molecule has 5 heteroatoms. The van der Waals surface area contributed by atoms with Crippen LogP contribution in [-0.4, -0.2) is 36.9 Å². The van der Waals surface area contributed by atoms with Gasteiger partial charge in [0.1, 0.15) is 5.75 Å². The number of ether oxygens (including phenoxy) is 1. The number of carbonyl (C=O) groups is 2. The van der Waals surface area contributed by atoms with E-state index in [1.54, 1.807) is 18.9 Å². The lowest BCUT2D eigenvalue weighted by Gasteiger charge is -2.37. The lowest BCUT2D eigenvalue weighted by atomic mass is 9.84. The average Bonchev–Trinajstić information content (AvgIpc) is 2.68. The van der Waals surface area contributed by atoms with Crippen LogP contribution in [0.1, 0.15) is 24.8 Å². The van der Waals surface area contributed by atoms with E-state index in [9.17, 15) is 9.59 Å². The molecule has 3 rings (SSSR count). The van der Waals surface area contributed by atoms with Gasteiger partial charge in [-0.3, -0.25) is 9.59 Å². The van der Waals surface area contributed by atoms with Crippen LogP contribution in [0.5, 0.6) is 5.75 Å². The van der Waals surface area contributed by atoms with Crippen molar-refractivity contribution in [1.29, 1.82) is 0 Å². The highest BCUT2D eigenvalue weighted by Gasteiger charge is 2.33. The van der Waals surface area contributed by atoms with Gasteiger partial charge in [-0.1, -0.05) is 30.3 Å². The molecular weight excluding hydrogens is 328 g/mol. The first-order valence-electron chi connectivity index (χ1n) is 8.82. The normalized spacial score (nSPS) is 19.7. The SMILES string of the molecule is COc1ccc(NC(=O)C2CC(c3ccccc3)CN(C(C)=O)C2)cc1. The molecule has 2 atom stereocenters. The highest BCUT2D eigenvalue weighted by Crippen LogP contribution is 2.31. The van der Waals surface area contributed by atoms with E-state index >= 15 is 0 Å². The maximum Gasteiger partial charge on any atom is 0.229 e. The average molecular weight is 352 g/mol. The van der Waals surface area contributed by atoms with Crippen LogP contribution >= 0.6 is 0 Å². The fourth-order valence-corrected chi connectivity index (χ4v) is 3.43. The Balaban J connectivity index is 1.73. The molecule has 0 radical (unpaired) electrons. The van der Waals surface area contributed by atoms with Gasteiger partial charge in [0.05, 0.1) is 13.0 Å². The number of carbonyl (C=O) groups excluding carboxylic acids is 2. The minimum atomic E-state index is -0.236. The number of piperidine rings is 1. The van der Waals surface area contributed by atoms with Crippen molar-refractivity contribution in [2.45, 2.75) is 19.3 Å². The molecule has 2 aromatic carbocycles. The number of hydrogen-bond donors (Lipinski definition) is 1. The summed E-state index contributed by atoms with van der Waals surface area (Å²) in [5.74, 6) is 0.628. The molecular formula is C21H24N2O3. The predicted octanol–water partition coefficient (Wildman–Crippen LogP) is 3.29. The number of anilines is 1. The van der Waals surface area contributed by atoms with Crippen LogP contribution in [0.3, 0.4) is 0 Å². The van der Waals surface area contributed by atoms with Gasteiger partial charge >= 0.3 is 0 Å². The maximum absolute atomic E-state index is 12.8. The highest BCUT2D eigenvalue weighted by atomic mass is 16.5. The van der Waals surface area contributed by atoms with Crippen molar-refractivity contribution < 1.29 is 14.3 Å². The van der Waals surface area contributed by atoms with Gasteiger partial charge in [-0.05, 0) is 36.2 Å². The molecule has 1 heterocycles. The summed E-state index contributed by atoms with van der Waals surface area (Å²) >= 11 is 0. The predicted molar refractivity (Wildman–Crippen MR) is 101 cm³/mol. The van der Waals surface area contributed by atoms with Gasteiger partial charge < -0.3 is 15.0 Å². The zero-order valence-corrected chi connectivity index (χ0v) is 15.1. The Morgan fingerprint density at radius 1 is 1.04 bits per heavy atom. The van der Waals surface area contributed by atoms with E-state index in [1.807, 2.05) is 42.5 Å². The zero-order chi connectivity index (χ0) is 18.5. The number of hydrogen-bond acceptors (Lipinski definition) is 3. The standard InChI is InChI=1S/C21H24N2O3/c1-15(24)23-13-17(16-6-4-3-5-7-16)12-18(14-23)21(25)22-19-8-10-20(26-2)11-9-19/h3-11,17-18H,12-14H2,1-2H3,(H,22,25). The van der Waals surface area contributed by atoms with Crippen molar-refractivity contribution >= 4 is 17.5 Å². The van der Waals surface area contributed by atoms with E-state index in [4.69, 9.17) is 4.74 Å². The molecule has 5 nitrogen and oxygen atoms in total. The highest BCUT2D eigenvalue weighted by molar-refractivity contribution is 5.93. The number of nitrogens with one attached hydrogen (secondary N) is 1. The zero-order valence-electron chi connectivity index (χ0n) is 15.1. The molecule has 136 valence electrons. The molecule has 2 aromatic rings. The minimum absolute atomic E-state index is 0.00729. The van der Waals surface area contributed by atoms with Gasteiger partial charge in [-0.25, -0.2) is 0 Å². The first kappa shape index (κ1) is 18.0. The third-order valence-corrected chi connectivity index (χ3v) is 4.90. The molecule has 1 saturated heterocycles. The first-order valence-corrected chi connectivity index (χ1v) is 8.82. The second kappa shape index (κ2) is 8.04. The van der Waals surface area contributed by atoms with Crippen LogP contribution < -0.4 is 10.1 Å². The maximum atomic E-state index is 12.8. The topological polar surface area (TPSA) is 58.6 Å². The van der Waals surface area contributed by atoms with E-state index in [0.717, 1.165) is 17.9 Å². The second-order valence-corrected chi connectivity index (χ2v) is 6.68. The summed E-state index contributed by atoms with van der Waals surface area (Å²) in [5.41, 5.74) is 1.90. The Hall–Kier alpha value is -2.82. The molecule has 0 spiro atoms. The summed E-state index contributed by atoms with van der Waals surface area (Å²) in [4.78, 5) is 26.5. The van der Waals surface area contributed by atoms with E-state index in [2.05, 4.69) is 17.4 Å². The summed E-state index contributed by atoms with van der Waals surface area (Å²) in [6.45, 7) is 2.68. The molecule has 26 heavy (non-hydrogen) atoms. The molecule has 2 unspecified atom stereocenters. The molecule has 0 aliphatic carbocycles. The van der Waals surface area contributed by atoms with E-state index in [0.29, 0.717) is 13.1 Å². The molecule has 1 aliphatic heterocycles. The van der Waals surface area contributed by atoms with Crippen molar-refractivity contribution in [1.82, 2.24) is 4.90 Å². The van der Waals surface area contributed by atoms with Crippen molar-refractivity contribution in [3.63, 3.8) is 0 Å². The fraction of sp³-hybridized carbons (Fsp3) is 0.333. The Kier molecular flexibility index (Phi) is 5.56. The van der Waals surface area contributed by atoms with Crippen LogP contribution in [0.25, 0.3) is 0 Å². The summed E-state index contributed by atoms with van der Waals surface area (Å²) in [5, 5.41) is 2.96. The van der Waals surface area contributed by atoms with Crippen LogP contribution in [0.4, 0.5) is 5.69 Å². The summed E-state index contributed by atoms with van der Waals surface area (Å²) in [7, 11) is 1.61. The van der Waals surface area contributed by atoms with E-state index in [1.165, 1.54) is 5.56 Å². The van der Waals surface area contributed by atoms with Crippen LogP contribution in [0.15, 0.2) is 54.6 Å². The number of methoxy groups -OCH3 is 1. The lowest BCUT2D eigenvalue weighted by molar-refractivity contribution is -0.133. The van der Waals surface area contributed by atoms with Gasteiger partial charge in [0, 0.05) is 31.6 Å². The van der Waals surface area contributed by atoms with Crippen molar-refractivity contribution in [2.75, 3.05) is 25.5 Å². The van der Waals surface area contributed by atoms with Crippen molar-refractivity contribution in [3.8, 4) is 5.75 Å². The largest absolute Gasteiger partial charge is 0.497 e. The van der Waals surface area contributed by atoms with E-state index < -0.39 is 0 Å². The fourth-order valence-electron chi connectivity index (χ4n) is 3.43. The van der Waals surface area contributed by atoms with Gasteiger partial charge in [0.15, 0.2) is 0 Å². The first-order chi connectivity index (χ1) is 12.6. The summed E-state index contributed by atoms with van der Waals surface area (Å²) < 4.78 is 5.14. The Labute approximate surface area is 154 Å². The Bertz CT molecular complexity index is 759. The smallest absolute Gasteiger partial charge is 0.229 e. The number of rotatable bonds is 4. The minimum Gasteiger partial charge on any atom is -0.497 e. The van der Waals surface area contributed by atoms with Crippen LogP contribution in [0, 0.1) is 5.92 Å².